The summed E-state index contributed by atoms with van der Waals surface area (Å²) in [5, 5.41) is 4.55. The van der Waals surface area contributed by atoms with Gasteiger partial charge in [0.2, 0.25) is 0 Å². The summed E-state index contributed by atoms with van der Waals surface area (Å²) in [5.41, 5.74) is 0. The van der Waals surface area contributed by atoms with Gasteiger partial charge in [0.05, 0.1) is 10.0 Å². The first-order chi connectivity index (χ1) is 10.2. The average molecular weight is 366 g/mol. The maximum atomic E-state index is 6.03. The first-order valence-electron chi connectivity index (χ1n) is 7.75. The highest BCUT2D eigenvalue weighted by Crippen LogP contribution is 2.28. The van der Waals surface area contributed by atoms with Crippen molar-refractivity contribution in [3.8, 4) is 5.75 Å². The molecule has 124 valence electrons. The molecule has 1 aromatic rings. The highest BCUT2D eigenvalue weighted by Gasteiger charge is 2.26. The third kappa shape index (κ3) is 4.90. The van der Waals surface area contributed by atoms with Crippen molar-refractivity contribution in [2.24, 2.45) is 5.92 Å². The van der Waals surface area contributed by atoms with E-state index in [1.54, 1.807) is 12.1 Å². The smallest absolute Gasteiger partial charge is 0.121 e. The summed E-state index contributed by atoms with van der Waals surface area (Å²) in [5.74, 6) is 1.66. The molecule has 1 aromatic carbocycles. The van der Waals surface area contributed by atoms with Crippen LogP contribution < -0.4 is 10.1 Å². The van der Waals surface area contributed by atoms with Gasteiger partial charge in [0.25, 0.3) is 0 Å². The molecule has 0 spiro atoms. The molecular weight excluding hydrogens is 343 g/mol. The lowest BCUT2D eigenvalue weighted by molar-refractivity contribution is 0.184. The van der Waals surface area contributed by atoms with E-state index in [4.69, 9.17) is 27.9 Å². The summed E-state index contributed by atoms with van der Waals surface area (Å²) in [7, 11) is 0. The van der Waals surface area contributed by atoms with Gasteiger partial charge in [-0.15, -0.1) is 12.4 Å². The number of hydrogen-bond donors (Lipinski definition) is 1. The maximum absolute atomic E-state index is 6.03. The molecule has 0 bridgehead atoms. The Kier molecular flexibility index (Phi) is 7.10. The fraction of sp³-hybridized carbons (Fsp3) is 0.625. The van der Waals surface area contributed by atoms with Crippen molar-refractivity contribution in [2.75, 3.05) is 32.7 Å². The summed E-state index contributed by atoms with van der Waals surface area (Å²) in [4.78, 5) is 2.54. The molecular formula is C16H23Cl3N2O. The molecule has 0 aliphatic carbocycles. The van der Waals surface area contributed by atoms with Crippen molar-refractivity contribution in [1.82, 2.24) is 10.2 Å². The Morgan fingerprint density at radius 3 is 2.64 bits per heavy atom. The summed E-state index contributed by atoms with van der Waals surface area (Å²) < 4.78 is 6.03. The maximum Gasteiger partial charge on any atom is 0.121 e. The Morgan fingerprint density at radius 2 is 1.91 bits per heavy atom. The van der Waals surface area contributed by atoms with E-state index in [1.165, 1.54) is 32.5 Å². The van der Waals surface area contributed by atoms with Gasteiger partial charge in [0.15, 0.2) is 0 Å². The monoisotopic (exact) mass is 364 g/mol. The van der Waals surface area contributed by atoms with Gasteiger partial charge in [-0.2, -0.15) is 0 Å². The minimum absolute atomic E-state index is 0. The molecule has 0 saturated carbocycles. The molecule has 2 heterocycles. The molecule has 3 rings (SSSR count). The molecule has 2 aliphatic heterocycles. The SMILES string of the molecule is Cl.Clc1ccc(OC2CCN(CC3CCNCC3)C2)cc1Cl. The average Bonchev–Trinajstić information content (AvgIpc) is 2.91. The zero-order valence-electron chi connectivity index (χ0n) is 12.6. The first kappa shape index (κ1) is 18.2. The van der Waals surface area contributed by atoms with Gasteiger partial charge < -0.3 is 10.1 Å². The van der Waals surface area contributed by atoms with Crippen molar-refractivity contribution in [3.63, 3.8) is 0 Å². The molecule has 1 atom stereocenters. The second kappa shape index (κ2) is 8.60. The van der Waals surface area contributed by atoms with Gasteiger partial charge in [-0.05, 0) is 50.4 Å². The van der Waals surface area contributed by atoms with Crippen LogP contribution in [0.3, 0.4) is 0 Å². The van der Waals surface area contributed by atoms with E-state index in [-0.39, 0.29) is 18.5 Å². The Balaban J connectivity index is 0.00000176. The van der Waals surface area contributed by atoms with Crippen LogP contribution >= 0.6 is 35.6 Å². The van der Waals surface area contributed by atoms with Gasteiger partial charge in [-0.1, -0.05) is 23.2 Å². The molecule has 2 fully saturated rings. The molecule has 3 nitrogen and oxygen atoms in total. The largest absolute Gasteiger partial charge is 0.489 e. The minimum atomic E-state index is 0. The quantitative estimate of drug-likeness (QED) is 0.876. The van der Waals surface area contributed by atoms with Crippen LogP contribution in [-0.2, 0) is 0 Å². The summed E-state index contributed by atoms with van der Waals surface area (Å²) in [6, 6.07) is 5.49. The molecule has 2 aliphatic rings. The number of ether oxygens (including phenoxy) is 1. The Bertz CT molecular complexity index is 480. The fourth-order valence-corrected chi connectivity index (χ4v) is 3.52. The van der Waals surface area contributed by atoms with Gasteiger partial charge in [0, 0.05) is 25.7 Å². The van der Waals surface area contributed by atoms with E-state index in [0.717, 1.165) is 31.2 Å². The number of nitrogens with one attached hydrogen (secondary N) is 1. The Labute approximate surface area is 148 Å². The first-order valence-corrected chi connectivity index (χ1v) is 8.51. The summed E-state index contributed by atoms with van der Waals surface area (Å²) in [6.45, 7) is 5.70. The van der Waals surface area contributed by atoms with Crippen molar-refractivity contribution in [3.05, 3.63) is 28.2 Å². The molecule has 1 N–H and O–H groups in total. The van der Waals surface area contributed by atoms with Crippen molar-refractivity contribution >= 4 is 35.6 Å². The van der Waals surface area contributed by atoms with Crippen molar-refractivity contribution in [2.45, 2.75) is 25.4 Å². The molecule has 1 unspecified atom stereocenters. The summed E-state index contributed by atoms with van der Waals surface area (Å²) >= 11 is 12.0. The van der Waals surface area contributed by atoms with Crippen LogP contribution in [0.5, 0.6) is 5.75 Å². The molecule has 0 radical (unpaired) electrons. The lowest BCUT2D eigenvalue weighted by atomic mass is 9.98. The van der Waals surface area contributed by atoms with Crippen LogP contribution in [0.1, 0.15) is 19.3 Å². The standard InChI is InChI=1S/C16H22Cl2N2O.ClH/c17-15-2-1-13(9-16(15)18)21-14-5-8-20(11-14)10-12-3-6-19-7-4-12;/h1-2,9,12,14,19H,3-8,10-11H2;1H. The lowest BCUT2D eigenvalue weighted by Gasteiger charge is -2.27. The number of nitrogens with zero attached hydrogens (tertiary/aromatic N) is 1. The summed E-state index contributed by atoms with van der Waals surface area (Å²) in [6.07, 6.45) is 3.96. The van der Waals surface area contributed by atoms with Crippen LogP contribution in [0, 0.1) is 5.92 Å². The molecule has 0 aromatic heterocycles. The molecule has 6 heteroatoms. The van der Waals surface area contributed by atoms with Crippen LogP contribution in [0.4, 0.5) is 0 Å². The van der Waals surface area contributed by atoms with Crippen LogP contribution in [0.25, 0.3) is 0 Å². The van der Waals surface area contributed by atoms with E-state index in [9.17, 15) is 0 Å². The van der Waals surface area contributed by atoms with E-state index >= 15 is 0 Å². The van der Waals surface area contributed by atoms with Gasteiger partial charge in [-0.3, -0.25) is 4.90 Å². The normalized spacial score (nSPS) is 23.3. The number of hydrogen-bond acceptors (Lipinski definition) is 3. The zero-order chi connectivity index (χ0) is 14.7. The number of benzene rings is 1. The van der Waals surface area contributed by atoms with E-state index in [1.807, 2.05) is 6.07 Å². The minimum Gasteiger partial charge on any atom is -0.489 e. The van der Waals surface area contributed by atoms with Crippen LogP contribution in [0.15, 0.2) is 18.2 Å². The van der Waals surface area contributed by atoms with Crippen LogP contribution in [0.2, 0.25) is 10.0 Å². The predicted octanol–water partition coefficient (Wildman–Crippen LogP) is 3.87. The third-order valence-corrected chi connectivity index (χ3v) is 5.14. The van der Waals surface area contributed by atoms with Gasteiger partial charge >= 0.3 is 0 Å². The lowest BCUT2D eigenvalue weighted by Crippen LogP contribution is -2.36. The number of rotatable bonds is 4. The van der Waals surface area contributed by atoms with Gasteiger partial charge in [-0.25, -0.2) is 0 Å². The molecule has 2 saturated heterocycles. The second-order valence-corrected chi connectivity index (χ2v) is 6.87. The van der Waals surface area contributed by atoms with Crippen molar-refractivity contribution < 1.29 is 4.74 Å². The highest BCUT2D eigenvalue weighted by molar-refractivity contribution is 6.42. The zero-order valence-corrected chi connectivity index (χ0v) is 14.9. The second-order valence-electron chi connectivity index (χ2n) is 6.06. The number of piperidine rings is 1. The van der Waals surface area contributed by atoms with E-state index < -0.39 is 0 Å². The van der Waals surface area contributed by atoms with Gasteiger partial charge in [0.1, 0.15) is 11.9 Å². The topological polar surface area (TPSA) is 24.5 Å². The predicted molar refractivity (Wildman–Crippen MR) is 94.8 cm³/mol. The van der Waals surface area contributed by atoms with E-state index in [2.05, 4.69) is 10.2 Å². The highest BCUT2D eigenvalue weighted by atomic mass is 35.5. The fourth-order valence-electron chi connectivity index (χ4n) is 3.23. The van der Waals surface area contributed by atoms with Crippen LogP contribution in [-0.4, -0.2) is 43.7 Å². The molecule has 22 heavy (non-hydrogen) atoms. The van der Waals surface area contributed by atoms with Crippen molar-refractivity contribution in [1.29, 1.82) is 0 Å². The number of likely N-dealkylation sites (tertiary alicyclic amines) is 1. The number of halogens is 3. The third-order valence-electron chi connectivity index (χ3n) is 4.40. The molecule has 0 amide bonds. The van der Waals surface area contributed by atoms with E-state index in [0.29, 0.717) is 10.0 Å². The Morgan fingerprint density at radius 1 is 1.14 bits per heavy atom. The Hall–Kier alpha value is -0.190.